The Balaban J connectivity index is 2.33. The highest BCUT2D eigenvalue weighted by atomic mass is 32.2. The van der Waals surface area contributed by atoms with Crippen molar-refractivity contribution in [1.82, 2.24) is 9.78 Å². The Hall–Kier alpha value is -0.480. The predicted octanol–water partition coefficient (Wildman–Crippen LogP) is 1.28. The first kappa shape index (κ1) is 9.61. The molecule has 0 saturated carbocycles. The van der Waals surface area contributed by atoms with E-state index in [-0.39, 0.29) is 6.10 Å². The first-order valence-electron chi connectivity index (χ1n) is 4.02. The highest BCUT2D eigenvalue weighted by Crippen LogP contribution is 2.17. The van der Waals surface area contributed by atoms with Crippen molar-refractivity contribution < 1.29 is 5.11 Å². The van der Waals surface area contributed by atoms with Crippen LogP contribution < -0.4 is 0 Å². The number of thioether (sulfide) groups is 1. The van der Waals surface area contributed by atoms with E-state index in [1.165, 1.54) is 0 Å². The van der Waals surface area contributed by atoms with Gasteiger partial charge >= 0.3 is 0 Å². The molecule has 0 bridgehead atoms. The van der Waals surface area contributed by atoms with E-state index in [4.69, 9.17) is 0 Å². The lowest BCUT2D eigenvalue weighted by Gasteiger charge is -2.04. The molecule has 1 unspecified atom stereocenters. The monoisotopic (exact) mass is 186 g/mol. The van der Waals surface area contributed by atoms with Gasteiger partial charge in [-0.2, -0.15) is 5.10 Å². The molecule has 0 amide bonds. The highest BCUT2D eigenvalue weighted by Gasteiger charge is 2.02. The van der Waals surface area contributed by atoms with Crippen molar-refractivity contribution in [2.45, 2.75) is 24.3 Å². The van der Waals surface area contributed by atoms with E-state index in [2.05, 4.69) is 5.10 Å². The number of aromatic nitrogens is 2. The molecule has 1 N–H and O–H groups in total. The summed E-state index contributed by atoms with van der Waals surface area (Å²) >= 11 is 1.64. The van der Waals surface area contributed by atoms with Gasteiger partial charge in [0.25, 0.3) is 0 Å². The van der Waals surface area contributed by atoms with Crippen LogP contribution >= 0.6 is 11.8 Å². The van der Waals surface area contributed by atoms with Crippen LogP contribution in [0.2, 0.25) is 0 Å². The van der Waals surface area contributed by atoms with Crippen LogP contribution in [0.5, 0.6) is 0 Å². The van der Waals surface area contributed by atoms with Gasteiger partial charge in [-0.05, 0) is 6.42 Å². The molecule has 1 heterocycles. The number of nitrogens with zero attached hydrogens (tertiary/aromatic N) is 2. The molecule has 0 aliphatic heterocycles. The quantitative estimate of drug-likeness (QED) is 0.720. The van der Waals surface area contributed by atoms with E-state index in [1.54, 1.807) is 16.4 Å². The van der Waals surface area contributed by atoms with E-state index in [0.717, 1.165) is 17.1 Å². The average Bonchev–Trinajstić information content (AvgIpc) is 2.47. The number of aliphatic hydroxyl groups is 1. The van der Waals surface area contributed by atoms with Crippen LogP contribution in [0.3, 0.4) is 0 Å². The van der Waals surface area contributed by atoms with E-state index >= 15 is 0 Å². The largest absolute Gasteiger partial charge is 0.392 e. The number of hydrogen-bond acceptors (Lipinski definition) is 3. The fourth-order valence-electron chi connectivity index (χ4n) is 0.784. The third kappa shape index (κ3) is 2.87. The lowest BCUT2D eigenvalue weighted by atomic mass is 10.3. The van der Waals surface area contributed by atoms with Crippen LogP contribution in [-0.2, 0) is 7.05 Å². The van der Waals surface area contributed by atoms with Crippen LogP contribution in [0.4, 0.5) is 0 Å². The Labute approximate surface area is 76.8 Å². The van der Waals surface area contributed by atoms with Gasteiger partial charge in [-0.1, -0.05) is 6.92 Å². The molecule has 1 rings (SSSR count). The maximum atomic E-state index is 9.28. The minimum atomic E-state index is -0.199. The van der Waals surface area contributed by atoms with Crippen LogP contribution in [0.25, 0.3) is 0 Å². The number of rotatable bonds is 4. The van der Waals surface area contributed by atoms with E-state index in [9.17, 15) is 5.11 Å². The second-order valence-corrected chi connectivity index (χ2v) is 3.82. The fraction of sp³-hybridized carbons (Fsp3) is 0.625. The van der Waals surface area contributed by atoms with Crippen molar-refractivity contribution >= 4 is 11.8 Å². The molecular weight excluding hydrogens is 172 g/mol. The van der Waals surface area contributed by atoms with Crippen molar-refractivity contribution in [3.05, 3.63) is 12.4 Å². The molecular formula is C8H14N2OS. The van der Waals surface area contributed by atoms with Crippen LogP contribution in [0.1, 0.15) is 13.3 Å². The second-order valence-electron chi connectivity index (χ2n) is 2.72. The van der Waals surface area contributed by atoms with Gasteiger partial charge in [0.1, 0.15) is 0 Å². The zero-order valence-electron chi connectivity index (χ0n) is 7.40. The standard InChI is InChI=1S/C8H14N2OS/c1-3-7(11)6-12-8-4-9-10(2)5-8/h4-5,7,11H,3,6H2,1-2H3. The lowest BCUT2D eigenvalue weighted by Crippen LogP contribution is -2.06. The van der Waals surface area contributed by atoms with Gasteiger partial charge in [0.05, 0.1) is 12.3 Å². The first-order chi connectivity index (χ1) is 5.72. The summed E-state index contributed by atoms with van der Waals surface area (Å²) in [6.45, 7) is 1.98. The van der Waals surface area contributed by atoms with Crippen molar-refractivity contribution in [2.24, 2.45) is 7.05 Å². The third-order valence-electron chi connectivity index (χ3n) is 1.59. The molecule has 1 atom stereocenters. The minimum absolute atomic E-state index is 0.199. The van der Waals surface area contributed by atoms with Gasteiger partial charge in [0, 0.05) is 23.9 Å². The molecule has 3 nitrogen and oxygen atoms in total. The summed E-state index contributed by atoms with van der Waals surface area (Å²) in [5, 5.41) is 13.3. The summed E-state index contributed by atoms with van der Waals surface area (Å²) < 4.78 is 1.76. The van der Waals surface area contributed by atoms with Crippen molar-refractivity contribution in [1.29, 1.82) is 0 Å². The van der Waals surface area contributed by atoms with Crippen molar-refractivity contribution in [3.63, 3.8) is 0 Å². The Morgan fingerprint density at radius 3 is 3.00 bits per heavy atom. The molecule has 0 spiro atoms. The molecule has 1 aromatic rings. The second kappa shape index (κ2) is 4.52. The predicted molar refractivity (Wildman–Crippen MR) is 50.2 cm³/mol. The molecule has 0 aromatic carbocycles. The minimum Gasteiger partial charge on any atom is -0.392 e. The maximum Gasteiger partial charge on any atom is 0.0631 e. The summed E-state index contributed by atoms with van der Waals surface area (Å²) in [6, 6.07) is 0. The Kier molecular flexibility index (Phi) is 3.62. The zero-order valence-corrected chi connectivity index (χ0v) is 8.21. The normalized spacial score (nSPS) is 13.2. The third-order valence-corrected chi connectivity index (χ3v) is 2.69. The smallest absolute Gasteiger partial charge is 0.0631 e. The molecule has 0 aliphatic rings. The summed E-state index contributed by atoms with van der Waals surface area (Å²) in [5.74, 6) is 0.752. The number of aryl methyl sites for hydroxylation is 1. The van der Waals surface area contributed by atoms with Gasteiger partial charge < -0.3 is 5.11 Å². The SMILES string of the molecule is CCC(O)CSc1cnn(C)c1. The fourth-order valence-corrected chi connectivity index (χ4v) is 1.75. The van der Waals surface area contributed by atoms with Gasteiger partial charge in [-0.15, -0.1) is 11.8 Å². The lowest BCUT2D eigenvalue weighted by molar-refractivity contribution is 0.195. The van der Waals surface area contributed by atoms with Crippen molar-refractivity contribution in [2.75, 3.05) is 5.75 Å². The Bertz CT molecular complexity index is 237. The average molecular weight is 186 g/mol. The number of hydrogen-bond donors (Lipinski definition) is 1. The molecule has 12 heavy (non-hydrogen) atoms. The molecule has 4 heteroatoms. The summed E-state index contributed by atoms with van der Waals surface area (Å²) in [5.41, 5.74) is 0. The molecule has 0 saturated heterocycles. The summed E-state index contributed by atoms with van der Waals surface area (Å²) in [7, 11) is 1.89. The molecule has 0 aliphatic carbocycles. The zero-order chi connectivity index (χ0) is 8.97. The first-order valence-corrected chi connectivity index (χ1v) is 5.00. The summed E-state index contributed by atoms with van der Waals surface area (Å²) in [6.07, 6.45) is 4.38. The van der Waals surface area contributed by atoms with Crippen LogP contribution in [0.15, 0.2) is 17.3 Å². The van der Waals surface area contributed by atoms with Crippen LogP contribution in [0, 0.1) is 0 Å². The van der Waals surface area contributed by atoms with Gasteiger partial charge in [0.2, 0.25) is 0 Å². The van der Waals surface area contributed by atoms with E-state index in [1.807, 2.05) is 26.4 Å². The van der Waals surface area contributed by atoms with E-state index in [0.29, 0.717) is 0 Å². The molecule has 1 aromatic heterocycles. The number of aliphatic hydroxyl groups excluding tert-OH is 1. The van der Waals surface area contributed by atoms with Crippen molar-refractivity contribution in [3.8, 4) is 0 Å². The molecule has 0 radical (unpaired) electrons. The Morgan fingerprint density at radius 2 is 2.50 bits per heavy atom. The van der Waals surface area contributed by atoms with Gasteiger partial charge in [-0.3, -0.25) is 4.68 Å². The topological polar surface area (TPSA) is 38.1 Å². The van der Waals surface area contributed by atoms with Crippen LogP contribution in [-0.4, -0.2) is 26.7 Å². The molecule has 68 valence electrons. The van der Waals surface area contributed by atoms with Gasteiger partial charge in [-0.25, -0.2) is 0 Å². The van der Waals surface area contributed by atoms with Gasteiger partial charge in [0.15, 0.2) is 0 Å². The Morgan fingerprint density at radius 1 is 1.75 bits per heavy atom. The van der Waals surface area contributed by atoms with E-state index < -0.39 is 0 Å². The summed E-state index contributed by atoms with van der Waals surface area (Å²) in [4.78, 5) is 1.12. The highest BCUT2D eigenvalue weighted by molar-refractivity contribution is 7.99. The maximum absolute atomic E-state index is 9.28. The molecule has 0 fully saturated rings.